The number of benzene rings is 3. The average Bonchev–Trinajstić information content (AvgIpc) is 2.82. The fraction of sp³-hybridized carbons (Fsp3) is 0.154. The zero-order chi connectivity index (χ0) is 27.6. The number of sulfone groups is 3. The van der Waals surface area contributed by atoms with Gasteiger partial charge in [-0.2, -0.15) is 0 Å². The third kappa shape index (κ3) is 6.53. The number of rotatable bonds is 8. The molecule has 37 heavy (non-hydrogen) atoms. The number of hydrogen-bond acceptors (Lipinski definition) is 6. The summed E-state index contributed by atoms with van der Waals surface area (Å²) in [6.45, 7) is 4.70. The van der Waals surface area contributed by atoms with Crippen molar-refractivity contribution >= 4 is 52.7 Å². The third-order valence-electron chi connectivity index (χ3n) is 5.35. The number of halogens is 2. The summed E-state index contributed by atoms with van der Waals surface area (Å²) in [7, 11) is -12.9. The minimum absolute atomic E-state index is 0.0168. The summed E-state index contributed by atoms with van der Waals surface area (Å²) in [6.07, 6.45) is 0.939. The predicted octanol–water partition coefficient (Wildman–Crippen LogP) is 6.20. The Kier molecular flexibility index (Phi) is 8.76. The van der Waals surface area contributed by atoms with Crippen molar-refractivity contribution in [2.24, 2.45) is 0 Å². The maximum Gasteiger partial charge on any atom is 0.207 e. The van der Waals surface area contributed by atoms with Gasteiger partial charge in [-0.05, 0) is 87.5 Å². The van der Waals surface area contributed by atoms with Gasteiger partial charge in [0.2, 0.25) is 19.7 Å². The minimum atomic E-state index is -4.50. The summed E-state index contributed by atoms with van der Waals surface area (Å²) in [6, 6.07) is 16.5. The SMILES string of the molecule is CC(C)=C(C(=CCS(=O)(=O)c1ccc(C)cc1)S(=O)(=O)c1ccc(Cl)cc1)S(=O)(=O)c1ccc(Cl)cc1. The van der Waals surface area contributed by atoms with E-state index in [2.05, 4.69) is 0 Å². The van der Waals surface area contributed by atoms with Gasteiger partial charge >= 0.3 is 0 Å². The molecule has 0 radical (unpaired) electrons. The molecule has 0 saturated carbocycles. The summed E-state index contributed by atoms with van der Waals surface area (Å²) < 4.78 is 81.2. The first-order chi connectivity index (χ1) is 17.2. The Bertz CT molecular complexity index is 1680. The van der Waals surface area contributed by atoms with Crippen LogP contribution in [-0.4, -0.2) is 31.0 Å². The topological polar surface area (TPSA) is 102 Å². The lowest BCUT2D eigenvalue weighted by Crippen LogP contribution is -2.17. The lowest BCUT2D eigenvalue weighted by atomic mass is 10.2. The van der Waals surface area contributed by atoms with Crippen LogP contribution in [0.15, 0.2) is 109 Å². The Hall–Kier alpha value is -2.43. The van der Waals surface area contributed by atoms with Gasteiger partial charge in [-0.1, -0.05) is 46.5 Å². The first-order valence-corrected chi connectivity index (χ1v) is 16.2. The van der Waals surface area contributed by atoms with E-state index in [1.54, 1.807) is 19.1 Å². The van der Waals surface area contributed by atoms with Crippen molar-refractivity contribution in [3.8, 4) is 0 Å². The molecule has 0 saturated heterocycles. The molecule has 0 aromatic heterocycles. The standard InChI is InChI=1S/C26H24Cl2O6S3/c1-18(2)26(37(33,34)24-14-8-21(28)9-15-24)25(36(31,32)23-12-6-20(27)7-13-23)16-17-35(29,30)22-10-4-19(3)5-11-22/h4-16H,17H2,1-3H3. The molecule has 0 bridgehead atoms. The largest absolute Gasteiger partial charge is 0.223 e. The highest BCUT2D eigenvalue weighted by Crippen LogP contribution is 2.35. The van der Waals surface area contributed by atoms with Crippen LogP contribution in [0.5, 0.6) is 0 Å². The van der Waals surface area contributed by atoms with Crippen LogP contribution in [0.2, 0.25) is 10.0 Å². The second-order valence-electron chi connectivity index (χ2n) is 8.41. The van der Waals surface area contributed by atoms with Gasteiger partial charge in [0.25, 0.3) is 0 Å². The first kappa shape index (κ1) is 29.1. The Labute approximate surface area is 228 Å². The van der Waals surface area contributed by atoms with Gasteiger partial charge in [0.1, 0.15) is 0 Å². The van der Waals surface area contributed by atoms with E-state index < -0.39 is 45.1 Å². The molecule has 3 aromatic rings. The molecule has 196 valence electrons. The van der Waals surface area contributed by atoms with Crippen molar-refractivity contribution in [2.45, 2.75) is 35.5 Å². The molecule has 0 aliphatic heterocycles. The molecule has 11 heteroatoms. The Morgan fingerprint density at radius 2 is 1.05 bits per heavy atom. The van der Waals surface area contributed by atoms with Gasteiger partial charge < -0.3 is 0 Å². The van der Waals surface area contributed by atoms with Crippen LogP contribution in [-0.2, 0) is 29.5 Å². The molecule has 0 spiro atoms. The molecule has 0 unspecified atom stereocenters. The van der Waals surface area contributed by atoms with Gasteiger partial charge in [-0.15, -0.1) is 0 Å². The Balaban J connectivity index is 2.27. The quantitative estimate of drug-likeness (QED) is 0.286. The maximum absolute atomic E-state index is 13.8. The predicted molar refractivity (Wildman–Crippen MR) is 147 cm³/mol. The van der Waals surface area contributed by atoms with E-state index in [0.29, 0.717) is 5.02 Å². The van der Waals surface area contributed by atoms with Crippen LogP contribution in [0.4, 0.5) is 0 Å². The molecule has 6 nitrogen and oxygen atoms in total. The van der Waals surface area contributed by atoms with Gasteiger partial charge in [0, 0.05) is 10.0 Å². The van der Waals surface area contributed by atoms with Gasteiger partial charge in [-0.25, -0.2) is 25.3 Å². The Morgan fingerprint density at radius 1 is 0.649 bits per heavy atom. The van der Waals surface area contributed by atoms with Gasteiger partial charge in [-0.3, -0.25) is 0 Å². The van der Waals surface area contributed by atoms with Crippen LogP contribution in [0.3, 0.4) is 0 Å². The number of aryl methyl sites for hydroxylation is 1. The highest BCUT2D eigenvalue weighted by atomic mass is 35.5. The smallest absolute Gasteiger partial charge is 0.207 e. The molecule has 0 atom stereocenters. The van der Waals surface area contributed by atoms with Crippen molar-refractivity contribution in [1.29, 1.82) is 0 Å². The monoisotopic (exact) mass is 598 g/mol. The molecular formula is C26H24Cl2O6S3. The summed E-state index contributed by atoms with van der Waals surface area (Å²) in [5.41, 5.74) is 1.01. The molecule has 0 N–H and O–H groups in total. The molecule has 3 aromatic carbocycles. The molecule has 0 heterocycles. The van der Waals surface area contributed by atoms with Crippen LogP contribution < -0.4 is 0 Å². The normalized spacial score (nSPS) is 12.8. The van der Waals surface area contributed by atoms with Crippen molar-refractivity contribution in [2.75, 3.05) is 5.75 Å². The third-order valence-corrected chi connectivity index (χ3v) is 11.5. The second-order valence-corrected chi connectivity index (χ2v) is 15.1. The molecule has 0 aliphatic rings. The van der Waals surface area contributed by atoms with Crippen LogP contribution in [0.1, 0.15) is 19.4 Å². The summed E-state index contributed by atoms with van der Waals surface area (Å²) in [5.74, 6) is -0.745. The molecular weight excluding hydrogens is 575 g/mol. The zero-order valence-electron chi connectivity index (χ0n) is 20.1. The molecule has 0 aliphatic carbocycles. The number of allylic oxidation sites excluding steroid dienone is 1. The van der Waals surface area contributed by atoms with E-state index in [1.807, 2.05) is 0 Å². The maximum atomic E-state index is 13.8. The van der Waals surface area contributed by atoms with Crippen molar-refractivity contribution in [3.05, 3.63) is 110 Å². The Morgan fingerprint density at radius 3 is 1.49 bits per heavy atom. The second kappa shape index (κ2) is 11.1. The summed E-state index contributed by atoms with van der Waals surface area (Å²) in [4.78, 5) is -1.59. The van der Waals surface area contributed by atoms with E-state index in [4.69, 9.17) is 23.2 Å². The van der Waals surface area contributed by atoms with Crippen molar-refractivity contribution < 1.29 is 25.3 Å². The van der Waals surface area contributed by atoms with Gasteiger partial charge in [0.05, 0.1) is 30.2 Å². The average molecular weight is 600 g/mol. The van der Waals surface area contributed by atoms with Crippen LogP contribution in [0, 0.1) is 6.92 Å². The number of hydrogen-bond donors (Lipinski definition) is 0. The highest BCUT2D eigenvalue weighted by molar-refractivity contribution is 8.00. The fourth-order valence-corrected chi connectivity index (χ4v) is 8.73. The summed E-state index contributed by atoms with van der Waals surface area (Å²) in [5, 5.41) is 0.578. The fourth-order valence-electron chi connectivity index (χ4n) is 3.47. The van der Waals surface area contributed by atoms with Crippen LogP contribution >= 0.6 is 23.2 Å². The molecule has 0 fully saturated rings. The van der Waals surface area contributed by atoms with E-state index in [0.717, 1.165) is 11.6 Å². The first-order valence-electron chi connectivity index (χ1n) is 10.8. The molecule has 0 amide bonds. The summed E-state index contributed by atoms with van der Waals surface area (Å²) >= 11 is 11.8. The van der Waals surface area contributed by atoms with E-state index in [9.17, 15) is 25.3 Å². The van der Waals surface area contributed by atoms with E-state index in [-0.39, 0.29) is 25.3 Å². The molecule has 3 rings (SSSR count). The van der Waals surface area contributed by atoms with Crippen molar-refractivity contribution in [1.82, 2.24) is 0 Å². The van der Waals surface area contributed by atoms with Gasteiger partial charge in [0.15, 0.2) is 9.84 Å². The van der Waals surface area contributed by atoms with E-state index >= 15 is 0 Å². The van der Waals surface area contributed by atoms with E-state index in [1.165, 1.54) is 74.5 Å². The minimum Gasteiger partial charge on any atom is -0.223 e. The van der Waals surface area contributed by atoms with Crippen LogP contribution in [0.25, 0.3) is 0 Å². The lowest BCUT2D eigenvalue weighted by molar-refractivity contribution is 0.595. The van der Waals surface area contributed by atoms with Crippen molar-refractivity contribution in [3.63, 3.8) is 0 Å². The highest BCUT2D eigenvalue weighted by Gasteiger charge is 2.34. The lowest BCUT2D eigenvalue weighted by Gasteiger charge is -2.17. The zero-order valence-corrected chi connectivity index (χ0v) is 24.1.